The Morgan fingerprint density at radius 3 is 2.35 bits per heavy atom. The van der Waals surface area contributed by atoms with Gasteiger partial charge < -0.3 is 10.6 Å². The molecule has 2 aromatic heterocycles. The van der Waals surface area contributed by atoms with Crippen molar-refractivity contribution in [1.29, 1.82) is 0 Å². The van der Waals surface area contributed by atoms with Crippen molar-refractivity contribution in [2.24, 2.45) is 5.92 Å². The quantitative estimate of drug-likeness (QED) is 0.574. The minimum Gasteiger partial charge on any atom is -0.363 e. The summed E-state index contributed by atoms with van der Waals surface area (Å²) in [5.74, 6) is 0.150. The van der Waals surface area contributed by atoms with Gasteiger partial charge in [0.15, 0.2) is 11.5 Å². The minimum absolute atomic E-state index is 0.0169. The first-order valence-corrected chi connectivity index (χ1v) is 9.83. The molecule has 0 aliphatic heterocycles. The summed E-state index contributed by atoms with van der Waals surface area (Å²) in [6.07, 6.45) is 0.179. The van der Waals surface area contributed by atoms with Gasteiger partial charge in [-0.05, 0) is 49.6 Å². The van der Waals surface area contributed by atoms with Crippen LogP contribution in [-0.2, 0) is 11.0 Å². The van der Waals surface area contributed by atoms with Crippen LogP contribution in [0.25, 0.3) is 11.4 Å². The van der Waals surface area contributed by atoms with Gasteiger partial charge in [0.2, 0.25) is 5.91 Å². The summed E-state index contributed by atoms with van der Waals surface area (Å²) in [6, 6.07) is 10.9. The van der Waals surface area contributed by atoms with E-state index in [1.807, 2.05) is 19.1 Å². The molecule has 3 aromatic rings. The maximum absolute atomic E-state index is 13.4. The zero-order chi connectivity index (χ0) is 22.0. The molecule has 9 heteroatoms. The topological polar surface area (TPSA) is 79.8 Å². The number of alkyl halides is 3. The number of amides is 1. The smallest absolute Gasteiger partial charge is 0.363 e. The first-order valence-electron chi connectivity index (χ1n) is 9.83. The highest BCUT2D eigenvalue weighted by molar-refractivity contribution is 5.94. The summed E-state index contributed by atoms with van der Waals surface area (Å²) < 4.78 is 40.1. The molecule has 1 atom stereocenters. The highest BCUT2D eigenvalue weighted by Crippen LogP contribution is 2.32. The Balaban J connectivity index is 1.54. The van der Waals surface area contributed by atoms with Crippen LogP contribution in [0.2, 0.25) is 0 Å². The number of benzene rings is 1. The molecule has 2 heterocycles. The third kappa shape index (κ3) is 5.17. The molecule has 1 aliphatic carbocycles. The van der Waals surface area contributed by atoms with Crippen LogP contribution in [0.3, 0.4) is 0 Å². The molecule has 1 saturated carbocycles. The Bertz CT molecular complexity index is 1070. The van der Waals surface area contributed by atoms with E-state index in [2.05, 4.69) is 25.6 Å². The maximum atomic E-state index is 13.4. The van der Waals surface area contributed by atoms with Gasteiger partial charge in [-0.3, -0.25) is 9.78 Å². The van der Waals surface area contributed by atoms with E-state index >= 15 is 0 Å². The highest BCUT2D eigenvalue weighted by Gasteiger charge is 2.34. The SMILES string of the molecule is CC(Nc1cc(C(F)(F)F)nc(-c2ccncc2)n1)c1ccc(NC(=O)C2CC2)cc1. The van der Waals surface area contributed by atoms with Crippen molar-refractivity contribution in [2.75, 3.05) is 10.6 Å². The van der Waals surface area contributed by atoms with Gasteiger partial charge in [-0.2, -0.15) is 13.2 Å². The van der Waals surface area contributed by atoms with Crippen LogP contribution in [-0.4, -0.2) is 20.9 Å². The predicted molar refractivity (Wildman–Crippen MR) is 110 cm³/mol. The van der Waals surface area contributed by atoms with E-state index in [1.54, 1.807) is 24.3 Å². The molecular formula is C22H20F3N5O. The van der Waals surface area contributed by atoms with Gasteiger partial charge in [0.25, 0.3) is 0 Å². The van der Waals surface area contributed by atoms with Crippen LogP contribution < -0.4 is 10.6 Å². The van der Waals surface area contributed by atoms with Gasteiger partial charge in [-0.25, -0.2) is 9.97 Å². The monoisotopic (exact) mass is 427 g/mol. The zero-order valence-electron chi connectivity index (χ0n) is 16.6. The van der Waals surface area contributed by atoms with Crippen molar-refractivity contribution in [2.45, 2.75) is 32.0 Å². The van der Waals surface area contributed by atoms with Crippen LogP contribution in [0.15, 0.2) is 54.9 Å². The van der Waals surface area contributed by atoms with E-state index < -0.39 is 11.9 Å². The van der Waals surface area contributed by atoms with Crippen molar-refractivity contribution in [1.82, 2.24) is 15.0 Å². The second-order valence-electron chi connectivity index (χ2n) is 7.45. The number of rotatable bonds is 6. The maximum Gasteiger partial charge on any atom is 0.433 e. The number of hydrogen-bond donors (Lipinski definition) is 2. The standard InChI is InChI=1S/C22H20F3N5O/c1-13(14-4-6-17(7-5-14)28-21(31)16-2-3-16)27-19-12-18(22(23,24)25)29-20(30-19)15-8-10-26-11-9-15/h4-13,16H,2-3H2,1H3,(H,28,31)(H,27,29,30). The summed E-state index contributed by atoms with van der Waals surface area (Å²) in [5, 5.41) is 5.87. The molecule has 0 radical (unpaired) electrons. The Labute approximate surface area is 177 Å². The second-order valence-corrected chi connectivity index (χ2v) is 7.45. The molecule has 0 bridgehead atoms. The fraction of sp³-hybridized carbons (Fsp3) is 0.273. The molecular weight excluding hydrogens is 407 g/mol. The predicted octanol–water partition coefficient (Wildman–Crippen LogP) is 5.08. The van der Waals surface area contributed by atoms with Crippen LogP contribution in [0.5, 0.6) is 0 Å². The molecule has 4 rings (SSSR count). The molecule has 6 nitrogen and oxygen atoms in total. The first-order chi connectivity index (χ1) is 14.8. The molecule has 160 valence electrons. The van der Waals surface area contributed by atoms with E-state index in [1.165, 1.54) is 12.4 Å². The number of aromatic nitrogens is 3. The molecule has 0 spiro atoms. The third-order valence-electron chi connectivity index (χ3n) is 4.95. The Morgan fingerprint density at radius 2 is 1.74 bits per heavy atom. The van der Waals surface area contributed by atoms with Gasteiger partial charge in [-0.15, -0.1) is 0 Å². The number of nitrogens with one attached hydrogen (secondary N) is 2. The summed E-state index contributed by atoms with van der Waals surface area (Å²) in [6.45, 7) is 1.82. The summed E-state index contributed by atoms with van der Waals surface area (Å²) >= 11 is 0. The van der Waals surface area contributed by atoms with Crippen LogP contribution >= 0.6 is 0 Å². The largest absolute Gasteiger partial charge is 0.433 e. The Kier molecular flexibility index (Phi) is 5.58. The highest BCUT2D eigenvalue weighted by atomic mass is 19.4. The lowest BCUT2D eigenvalue weighted by atomic mass is 10.1. The van der Waals surface area contributed by atoms with Crippen molar-refractivity contribution >= 4 is 17.4 Å². The normalized spacial score (nSPS) is 14.7. The molecule has 0 saturated heterocycles. The van der Waals surface area contributed by atoms with Gasteiger partial charge in [0, 0.05) is 41.7 Å². The summed E-state index contributed by atoms with van der Waals surface area (Å²) in [5.41, 5.74) is 0.936. The average molecular weight is 427 g/mol. The number of anilines is 2. The average Bonchev–Trinajstić information content (AvgIpc) is 3.59. The van der Waals surface area contributed by atoms with Crippen molar-refractivity contribution < 1.29 is 18.0 Å². The lowest BCUT2D eigenvalue weighted by Crippen LogP contribution is -2.14. The first kappa shape index (κ1) is 20.8. The lowest BCUT2D eigenvalue weighted by molar-refractivity contribution is -0.141. The van der Waals surface area contributed by atoms with Gasteiger partial charge >= 0.3 is 6.18 Å². The number of carbonyl (C=O) groups excluding carboxylic acids is 1. The number of nitrogens with zero attached hydrogens (tertiary/aromatic N) is 3. The molecule has 2 N–H and O–H groups in total. The van der Waals surface area contributed by atoms with Crippen molar-refractivity contribution in [3.05, 3.63) is 66.1 Å². The Hall–Kier alpha value is -3.49. The fourth-order valence-electron chi connectivity index (χ4n) is 3.05. The van der Waals surface area contributed by atoms with Crippen LogP contribution in [0.4, 0.5) is 24.7 Å². The van der Waals surface area contributed by atoms with E-state index in [0.29, 0.717) is 11.3 Å². The van der Waals surface area contributed by atoms with E-state index in [0.717, 1.165) is 24.5 Å². The van der Waals surface area contributed by atoms with Crippen molar-refractivity contribution in [3.63, 3.8) is 0 Å². The number of pyridine rings is 1. The van der Waals surface area contributed by atoms with E-state index in [4.69, 9.17) is 0 Å². The summed E-state index contributed by atoms with van der Waals surface area (Å²) in [7, 11) is 0. The van der Waals surface area contributed by atoms with Crippen molar-refractivity contribution in [3.8, 4) is 11.4 Å². The lowest BCUT2D eigenvalue weighted by Gasteiger charge is -2.17. The summed E-state index contributed by atoms with van der Waals surface area (Å²) in [4.78, 5) is 23.7. The zero-order valence-corrected chi connectivity index (χ0v) is 16.6. The number of halogens is 3. The van der Waals surface area contributed by atoms with E-state index in [-0.39, 0.29) is 29.5 Å². The van der Waals surface area contributed by atoms with Crippen LogP contribution in [0.1, 0.15) is 37.1 Å². The molecule has 1 amide bonds. The second kappa shape index (κ2) is 8.33. The number of carbonyl (C=O) groups is 1. The fourth-order valence-corrected chi connectivity index (χ4v) is 3.05. The van der Waals surface area contributed by atoms with Crippen LogP contribution in [0, 0.1) is 5.92 Å². The minimum atomic E-state index is -4.61. The van der Waals surface area contributed by atoms with Gasteiger partial charge in [0.1, 0.15) is 5.82 Å². The molecule has 1 unspecified atom stereocenters. The number of hydrogen-bond acceptors (Lipinski definition) is 5. The van der Waals surface area contributed by atoms with Gasteiger partial charge in [0.05, 0.1) is 0 Å². The molecule has 1 fully saturated rings. The van der Waals surface area contributed by atoms with Gasteiger partial charge in [-0.1, -0.05) is 12.1 Å². The molecule has 31 heavy (non-hydrogen) atoms. The molecule has 1 aliphatic rings. The Morgan fingerprint density at radius 1 is 1.06 bits per heavy atom. The molecule has 1 aromatic carbocycles. The van der Waals surface area contributed by atoms with E-state index in [9.17, 15) is 18.0 Å². The third-order valence-corrected chi connectivity index (χ3v) is 4.95.